The average Bonchev–Trinajstić information content (AvgIpc) is 2.78. The van der Waals surface area contributed by atoms with Gasteiger partial charge in [-0.05, 0) is 62.2 Å². The van der Waals surface area contributed by atoms with Gasteiger partial charge >= 0.3 is 0 Å². The number of hydrogen-bond donors (Lipinski definition) is 1. The minimum atomic E-state index is -0.647. The Morgan fingerprint density at radius 3 is 2.30 bits per heavy atom. The molecule has 6 nitrogen and oxygen atoms in total. The van der Waals surface area contributed by atoms with Gasteiger partial charge in [0.15, 0.2) is 0 Å². The van der Waals surface area contributed by atoms with Crippen molar-refractivity contribution in [2.75, 3.05) is 20.8 Å². The van der Waals surface area contributed by atoms with Crippen LogP contribution in [0.2, 0.25) is 0 Å². The normalized spacial score (nSPS) is 12.8. The van der Waals surface area contributed by atoms with Gasteiger partial charge in [0.1, 0.15) is 17.5 Å². The van der Waals surface area contributed by atoms with E-state index in [2.05, 4.69) is 5.32 Å². The molecule has 0 fully saturated rings. The highest BCUT2D eigenvalue weighted by Gasteiger charge is 2.25. The Morgan fingerprint density at radius 1 is 1.03 bits per heavy atom. The molecule has 0 bridgehead atoms. The van der Waals surface area contributed by atoms with Crippen molar-refractivity contribution in [2.45, 2.75) is 32.9 Å². The van der Waals surface area contributed by atoms with Crippen molar-refractivity contribution >= 4 is 17.9 Å². The van der Waals surface area contributed by atoms with Gasteiger partial charge in [0.25, 0.3) is 0 Å². The Bertz CT molecular complexity index is 877. The lowest BCUT2D eigenvalue weighted by Crippen LogP contribution is -2.47. The van der Waals surface area contributed by atoms with Crippen LogP contribution in [0.4, 0.5) is 0 Å². The van der Waals surface area contributed by atoms with E-state index >= 15 is 0 Å². The summed E-state index contributed by atoms with van der Waals surface area (Å²) in [5.41, 5.74) is 1.84. The van der Waals surface area contributed by atoms with Crippen LogP contribution in [0, 0.1) is 0 Å². The number of carbonyl (C=O) groups is 2. The van der Waals surface area contributed by atoms with Crippen LogP contribution in [0.5, 0.6) is 11.5 Å². The Labute approximate surface area is 178 Å². The minimum Gasteiger partial charge on any atom is -0.497 e. The predicted molar refractivity (Wildman–Crippen MR) is 118 cm³/mol. The molecule has 160 valence electrons. The Morgan fingerprint density at radius 2 is 1.70 bits per heavy atom. The zero-order valence-electron chi connectivity index (χ0n) is 18.2. The first-order valence-electron chi connectivity index (χ1n) is 9.96. The summed E-state index contributed by atoms with van der Waals surface area (Å²) >= 11 is 0. The summed E-state index contributed by atoms with van der Waals surface area (Å²) in [5, 5.41) is 2.75. The monoisotopic (exact) mass is 410 g/mol. The van der Waals surface area contributed by atoms with Crippen LogP contribution in [0.25, 0.3) is 6.08 Å². The molecule has 2 atom stereocenters. The van der Waals surface area contributed by atoms with E-state index in [4.69, 9.17) is 9.47 Å². The number of nitrogens with zero attached hydrogens (tertiary/aromatic N) is 1. The van der Waals surface area contributed by atoms with Gasteiger partial charge < -0.3 is 19.7 Å². The maximum absolute atomic E-state index is 13.0. The number of likely N-dealkylation sites (N-methyl/N-ethyl adjacent to an activating group) is 1. The first-order valence-corrected chi connectivity index (χ1v) is 9.96. The van der Waals surface area contributed by atoms with Crippen molar-refractivity contribution in [1.82, 2.24) is 10.2 Å². The fraction of sp³-hybridized carbons (Fsp3) is 0.333. The summed E-state index contributed by atoms with van der Waals surface area (Å²) in [5.74, 6) is 1.03. The van der Waals surface area contributed by atoms with Gasteiger partial charge in [0, 0.05) is 12.6 Å². The number of benzene rings is 2. The lowest BCUT2D eigenvalue weighted by Gasteiger charge is -2.31. The summed E-state index contributed by atoms with van der Waals surface area (Å²) in [6.07, 6.45) is 3.12. The molecule has 0 heterocycles. The van der Waals surface area contributed by atoms with Gasteiger partial charge in [0.2, 0.25) is 11.8 Å². The van der Waals surface area contributed by atoms with Crippen molar-refractivity contribution in [3.8, 4) is 11.5 Å². The van der Waals surface area contributed by atoms with E-state index in [0.29, 0.717) is 6.54 Å². The molecule has 0 aromatic heterocycles. The largest absolute Gasteiger partial charge is 0.497 e. The predicted octanol–water partition coefficient (Wildman–Crippen LogP) is 3.83. The Balaban J connectivity index is 2.00. The maximum atomic E-state index is 13.0. The highest BCUT2D eigenvalue weighted by molar-refractivity contribution is 5.95. The summed E-state index contributed by atoms with van der Waals surface area (Å²) in [6, 6.07) is 14.2. The van der Waals surface area contributed by atoms with Crippen LogP contribution in [-0.2, 0) is 9.59 Å². The number of nitrogens with one attached hydrogen (secondary N) is 1. The van der Waals surface area contributed by atoms with Gasteiger partial charge in [0.05, 0.1) is 20.3 Å². The lowest BCUT2D eigenvalue weighted by molar-refractivity contribution is -0.136. The highest BCUT2D eigenvalue weighted by Crippen LogP contribution is 2.24. The van der Waals surface area contributed by atoms with Crippen molar-refractivity contribution in [1.29, 1.82) is 0 Å². The molecule has 1 N–H and O–H groups in total. The van der Waals surface area contributed by atoms with Gasteiger partial charge in [-0.15, -0.1) is 0 Å². The Kier molecular flexibility index (Phi) is 8.47. The zero-order valence-corrected chi connectivity index (χ0v) is 18.2. The van der Waals surface area contributed by atoms with E-state index in [0.717, 1.165) is 22.6 Å². The van der Waals surface area contributed by atoms with Crippen LogP contribution in [0.3, 0.4) is 0 Å². The third-order valence-corrected chi connectivity index (χ3v) is 4.94. The van der Waals surface area contributed by atoms with Gasteiger partial charge in [-0.1, -0.05) is 24.3 Å². The van der Waals surface area contributed by atoms with Crippen LogP contribution >= 0.6 is 0 Å². The third kappa shape index (κ3) is 6.11. The molecule has 2 aromatic rings. The molecule has 30 heavy (non-hydrogen) atoms. The van der Waals surface area contributed by atoms with E-state index in [1.165, 1.54) is 6.08 Å². The van der Waals surface area contributed by atoms with Crippen LogP contribution < -0.4 is 14.8 Å². The topological polar surface area (TPSA) is 67.9 Å². The number of hydrogen-bond acceptors (Lipinski definition) is 4. The molecule has 2 unspecified atom stereocenters. The summed E-state index contributed by atoms with van der Waals surface area (Å²) < 4.78 is 10.4. The molecule has 0 aliphatic rings. The van der Waals surface area contributed by atoms with Crippen molar-refractivity contribution in [3.63, 3.8) is 0 Å². The molecular formula is C24H30N2O4. The second kappa shape index (κ2) is 11.0. The standard InChI is InChI=1S/C24H30N2O4/c1-6-26(18(3)20-8-7-9-22(16-20)30-5)24(28)17(2)25-23(27)15-12-19-10-13-21(29-4)14-11-19/h7-18H,6H2,1-5H3,(H,25,27)/b15-12+. The first kappa shape index (κ1) is 23.0. The minimum absolute atomic E-state index is 0.140. The summed E-state index contributed by atoms with van der Waals surface area (Å²) in [7, 11) is 3.22. The molecule has 0 saturated heterocycles. The lowest BCUT2D eigenvalue weighted by atomic mass is 10.1. The molecule has 0 aliphatic carbocycles. The maximum Gasteiger partial charge on any atom is 0.245 e. The van der Waals surface area contributed by atoms with Gasteiger partial charge in [-0.25, -0.2) is 0 Å². The number of carbonyl (C=O) groups excluding carboxylic acids is 2. The highest BCUT2D eigenvalue weighted by atomic mass is 16.5. The van der Waals surface area contributed by atoms with E-state index in [1.54, 1.807) is 32.1 Å². The van der Waals surface area contributed by atoms with Crippen molar-refractivity contribution in [3.05, 3.63) is 65.7 Å². The second-order valence-corrected chi connectivity index (χ2v) is 6.91. The summed E-state index contributed by atoms with van der Waals surface area (Å²) in [6.45, 7) is 6.11. The van der Waals surface area contributed by atoms with Crippen LogP contribution in [0.15, 0.2) is 54.6 Å². The third-order valence-electron chi connectivity index (χ3n) is 4.94. The zero-order chi connectivity index (χ0) is 22.1. The molecule has 6 heteroatoms. The number of amides is 2. The number of rotatable bonds is 9. The van der Waals surface area contributed by atoms with E-state index in [-0.39, 0.29) is 17.9 Å². The van der Waals surface area contributed by atoms with Crippen LogP contribution in [0.1, 0.15) is 37.9 Å². The van der Waals surface area contributed by atoms with Crippen molar-refractivity contribution in [2.24, 2.45) is 0 Å². The molecule has 2 rings (SSSR count). The number of ether oxygens (including phenoxy) is 2. The molecule has 2 amide bonds. The van der Waals surface area contributed by atoms with Gasteiger partial charge in [-0.2, -0.15) is 0 Å². The molecule has 0 saturated carbocycles. The van der Waals surface area contributed by atoms with Crippen LogP contribution in [-0.4, -0.2) is 43.5 Å². The van der Waals surface area contributed by atoms with E-state index in [9.17, 15) is 9.59 Å². The average molecular weight is 411 g/mol. The van der Waals surface area contributed by atoms with Crippen molar-refractivity contribution < 1.29 is 19.1 Å². The fourth-order valence-corrected chi connectivity index (χ4v) is 3.16. The number of methoxy groups -OCH3 is 2. The molecule has 0 spiro atoms. The quantitative estimate of drug-likeness (QED) is 0.638. The molecular weight excluding hydrogens is 380 g/mol. The molecule has 2 aromatic carbocycles. The van der Waals surface area contributed by atoms with E-state index in [1.807, 2.05) is 62.4 Å². The van der Waals surface area contributed by atoms with E-state index < -0.39 is 6.04 Å². The fourth-order valence-electron chi connectivity index (χ4n) is 3.16. The summed E-state index contributed by atoms with van der Waals surface area (Å²) in [4.78, 5) is 27.0. The smallest absolute Gasteiger partial charge is 0.245 e. The second-order valence-electron chi connectivity index (χ2n) is 6.91. The SMILES string of the molecule is CCN(C(=O)C(C)NC(=O)/C=C/c1ccc(OC)cc1)C(C)c1cccc(OC)c1. The van der Waals surface area contributed by atoms with Gasteiger partial charge in [-0.3, -0.25) is 9.59 Å². The first-order chi connectivity index (χ1) is 14.4. The molecule has 0 aliphatic heterocycles. The molecule has 0 radical (unpaired) electrons. The Hall–Kier alpha value is -3.28.